The third-order valence-corrected chi connectivity index (χ3v) is 6.65. The van der Waals surface area contributed by atoms with E-state index in [1.807, 2.05) is 32.2 Å². The number of carbonyl (C=O) groups excluding carboxylic acids is 1. The zero-order valence-corrected chi connectivity index (χ0v) is 16.4. The summed E-state index contributed by atoms with van der Waals surface area (Å²) in [6.45, 7) is 6.48. The number of amides is 1. The summed E-state index contributed by atoms with van der Waals surface area (Å²) in [5, 5.41) is 3.12. The van der Waals surface area contributed by atoms with Crippen LogP contribution < -0.4 is 10.2 Å². The van der Waals surface area contributed by atoms with Gasteiger partial charge in [-0.25, -0.2) is 4.98 Å². The fraction of sp³-hybridized carbons (Fsp3) is 0.500. The number of carbonyl (C=O) groups is 1. The lowest BCUT2D eigenvalue weighted by Crippen LogP contribution is -2.42. The van der Waals surface area contributed by atoms with Crippen LogP contribution in [0.2, 0.25) is 0 Å². The van der Waals surface area contributed by atoms with E-state index in [4.69, 9.17) is 4.74 Å². The number of nitrogens with one attached hydrogen (secondary N) is 1. The fourth-order valence-electron chi connectivity index (χ4n) is 5.36. The molecule has 5 heterocycles. The molecule has 4 atom stereocenters. The van der Waals surface area contributed by atoms with Gasteiger partial charge in [0.2, 0.25) is 0 Å². The summed E-state index contributed by atoms with van der Waals surface area (Å²) in [7, 11) is 0. The molecule has 2 aromatic heterocycles. The Morgan fingerprint density at radius 2 is 2.21 bits per heavy atom. The van der Waals surface area contributed by atoms with Crippen LogP contribution in [0.4, 0.5) is 5.69 Å². The van der Waals surface area contributed by atoms with Gasteiger partial charge in [0.25, 0.3) is 5.91 Å². The Labute approximate surface area is 165 Å². The highest BCUT2D eigenvalue weighted by Crippen LogP contribution is 2.55. The molecule has 146 valence electrons. The van der Waals surface area contributed by atoms with E-state index in [0.717, 1.165) is 37.3 Å². The lowest BCUT2D eigenvalue weighted by molar-refractivity contribution is 0.0141. The summed E-state index contributed by atoms with van der Waals surface area (Å²) in [6.07, 6.45) is 4.34. The van der Waals surface area contributed by atoms with Crippen LogP contribution in [0.3, 0.4) is 0 Å². The summed E-state index contributed by atoms with van der Waals surface area (Å²) in [5.74, 6) is 0.709. The second kappa shape index (κ2) is 6.55. The van der Waals surface area contributed by atoms with Crippen molar-refractivity contribution in [2.45, 2.75) is 38.4 Å². The summed E-state index contributed by atoms with van der Waals surface area (Å²) in [6, 6.07) is 9.77. The van der Waals surface area contributed by atoms with E-state index >= 15 is 0 Å². The van der Waals surface area contributed by atoms with E-state index < -0.39 is 0 Å². The van der Waals surface area contributed by atoms with Gasteiger partial charge in [-0.05, 0) is 51.0 Å². The summed E-state index contributed by atoms with van der Waals surface area (Å²) >= 11 is 0. The molecule has 6 heteroatoms. The van der Waals surface area contributed by atoms with Gasteiger partial charge >= 0.3 is 0 Å². The number of pyridine rings is 2. The molecular formula is C22H26N4O2. The molecule has 3 fully saturated rings. The third kappa shape index (κ3) is 2.87. The molecule has 28 heavy (non-hydrogen) atoms. The minimum Gasteiger partial charge on any atom is -0.369 e. The lowest BCUT2D eigenvalue weighted by atomic mass is 9.73. The molecule has 6 nitrogen and oxygen atoms in total. The maximum atomic E-state index is 12.5. The van der Waals surface area contributed by atoms with E-state index in [9.17, 15) is 4.79 Å². The predicted octanol–water partition coefficient (Wildman–Crippen LogP) is 2.51. The van der Waals surface area contributed by atoms with Crippen LogP contribution in [0.15, 0.2) is 36.5 Å². The van der Waals surface area contributed by atoms with Crippen LogP contribution in [0.1, 0.15) is 34.7 Å². The van der Waals surface area contributed by atoms with Crippen molar-refractivity contribution in [3.63, 3.8) is 0 Å². The van der Waals surface area contributed by atoms with Gasteiger partial charge in [0, 0.05) is 54.7 Å². The first-order valence-electron chi connectivity index (χ1n) is 10.1. The molecule has 5 rings (SSSR count). The minimum atomic E-state index is -0.0971. The van der Waals surface area contributed by atoms with E-state index in [1.165, 1.54) is 5.69 Å². The van der Waals surface area contributed by atoms with Gasteiger partial charge in [-0.15, -0.1) is 0 Å². The highest BCUT2D eigenvalue weighted by atomic mass is 16.5. The number of ether oxygens (including phenoxy) is 1. The van der Waals surface area contributed by atoms with E-state index in [-0.39, 0.29) is 17.6 Å². The Balaban J connectivity index is 1.30. The molecule has 0 unspecified atom stereocenters. The number of rotatable bonds is 4. The molecule has 0 aromatic carbocycles. The number of aryl methyl sites for hydroxylation is 2. The molecule has 0 radical (unpaired) electrons. The fourth-order valence-corrected chi connectivity index (χ4v) is 5.36. The Kier molecular flexibility index (Phi) is 4.12. The van der Waals surface area contributed by atoms with E-state index in [1.54, 1.807) is 6.07 Å². The molecular weight excluding hydrogens is 352 g/mol. The minimum absolute atomic E-state index is 0.0567. The largest absolute Gasteiger partial charge is 0.369 e. The standard InChI is InChI=1S/C22H26N4O2/c1-14-4-3-5-19(25-14)21(27)24-11-17-18-12-26(16-7-9-23-15(2)10-16)13-22(18)8-6-20(17)28-22/h3-5,7,9-10,17-18,20H,6,8,11-13H2,1-2H3,(H,24,27)/t17-,18+,20+,22+/m0/s1. The quantitative estimate of drug-likeness (QED) is 0.885. The van der Waals surface area contributed by atoms with Crippen LogP contribution in [0.5, 0.6) is 0 Å². The van der Waals surface area contributed by atoms with Crippen molar-refractivity contribution in [2.24, 2.45) is 11.8 Å². The van der Waals surface area contributed by atoms with Gasteiger partial charge in [0.05, 0.1) is 11.7 Å². The molecule has 0 aliphatic carbocycles. The summed E-state index contributed by atoms with van der Waals surface area (Å²) in [4.78, 5) is 23.6. The van der Waals surface area contributed by atoms with Crippen molar-refractivity contribution >= 4 is 11.6 Å². The van der Waals surface area contributed by atoms with Crippen molar-refractivity contribution in [3.05, 3.63) is 53.6 Å². The maximum absolute atomic E-state index is 12.5. The first-order valence-corrected chi connectivity index (χ1v) is 10.1. The topological polar surface area (TPSA) is 67.4 Å². The number of hydrogen-bond acceptors (Lipinski definition) is 5. The average Bonchev–Trinajstić information content (AvgIpc) is 3.34. The number of anilines is 1. The van der Waals surface area contributed by atoms with Crippen LogP contribution in [0.25, 0.3) is 0 Å². The van der Waals surface area contributed by atoms with Gasteiger partial charge < -0.3 is 15.0 Å². The van der Waals surface area contributed by atoms with E-state index in [2.05, 4.69) is 32.3 Å². The highest BCUT2D eigenvalue weighted by Gasteiger charge is 2.62. The van der Waals surface area contributed by atoms with Gasteiger partial charge in [0.15, 0.2) is 0 Å². The zero-order valence-electron chi connectivity index (χ0n) is 16.4. The van der Waals surface area contributed by atoms with Gasteiger partial charge in [-0.2, -0.15) is 0 Å². The Hall–Kier alpha value is -2.47. The first kappa shape index (κ1) is 17.6. The molecule has 0 saturated carbocycles. The lowest BCUT2D eigenvalue weighted by Gasteiger charge is -2.29. The average molecular weight is 378 g/mol. The monoisotopic (exact) mass is 378 g/mol. The van der Waals surface area contributed by atoms with Crippen LogP contribution in [0, 0.1) is 25.7 Å². The number of fused-ring (bicyclic) bond motifs is 1. The third-order valence-electron chi connectivity index (χ3n) is 6.65. The van der Waals surface area contributed by atoms with Crippen molar-refractivity contribution in [2.75, 3.05) is 24.5 Å². The SMILES string of the molecule is Cc1cc(N2C[C@@H]3[C@H](CNC(=O)c4cccc(C)n4)[C@H]4CC[C@]3(C2)O4)ccn1. The highest BCUT2D eigenvalue weighted by molar-refractivity contribution is 5.92. The summed E-state index contributed by atoms with van der Waals surface area (Å²) in [5.41, 5.74) is 3.54. The molecule has 3 saturated heterocycles. The predicted molar refractivity (Wildman–Crippen MR) is 106 cm³/mol. The molecule has 3 aliphatic rings. The molecule has 1 N–H and O–H groups in total. The second-order valence-corrected chi connectivity index (χ2v) is 8.44. The molecule has 1 spiro atoms. The van der Waals surface area contributed by atoms with Crippen LogP contribution in [-0.4, -0.2) is 47.2 Å². The molecule has 3 aliphatic heterocycles. The van der Waals surface area contributed by atoms with Crippen molar-refractivity contribution in [1.82, 2.24) is 15.3 Å². The Bertz CT molecular complexity index is 917. The van der Waals surface area contributed by atoms with Crippen molar-refractivity contribution < 1.29 is 9.53 Å². The first-order chi connectivity index (χ1) is 13.5. The van der Waals surface area contributed by atoms with Crippen molar-refractivity contribution in [1.29, 1.82) is 0 Å². The van der Waals surface area contributed by atoms with Crippen LogP contribution >= 0.6 is 0 Å². The van der Waals surface area contributed by atoms with Crippen LogP contribution in [-0.2, 0) is 4.74 Å². The molecule has 2 bridgehead atoms. The normalized spacial score (nSPS) is 30.5. The molecule has 1 amide bonds. The number of aromatic nitrogens is 2. The number of nitrogens with zero attached hydrogens (tertiary/aromatic N) is 3. The van der Waals surface area contributed by atoms with Gasteiger partial charge in [-0.3, -0.25) is 9.78 Å². The van der Waals surface area contributed by atoms with Gasteiger partial charge in [0.1, 0.15) is 5.69 Å². The smallest absolute Gasteiger partial charge is 0.269 e. The molecule has 2 aromatic rings. The number of hydrogen-bond donors (Lipinski definition) is 1. The second-order valence-electron chi connectivity index (χ2n) is 8.44. The Morgan fingerprint density at radius 3 is 3.04 bits per heavy atom. The Morgan fingerprint density at radius 1 is 1.32 bits per heavy atom. The van der Waals surface area contributed by atoms with Crippen molar-refractivity contribution in [3.8, 4) is 0 Å². The maximum Gasteiger partial charge on any atom is 0.269 e. The zero-order chi connectivity index (χ0) is 19.3. The van der Waals surface area contributed by atoms with E-state index in [0.29, 0.717) is 24.1 Å². The summed E-state index contributed by atoms with van der Waals surface area (Å²) < 4.78 is 6.51. The van der Waals surface area contributed by atoms with Gasteiger partial charge in [-0.1, -0.05) is 6.07 Å².